The Hall–Kier alpha value is -3.65. The van der Waals surface area contributed by atoms with Crippen molar-refractivity contribution in [1.29, 1.82) is 0 Å². The summed E-state index contributed by atoms with van der Waals surface area (Å²) in [6.45, 7) is 10.1. The van der Waals surface area contributed by atoms with E-state index in [-0.39, 0.29) is 23.3 Å². The number of nitrogens with zero attached hydrogens (tertiary/aromatic N) is 2. The molecule has 214 valence electrons. The first-order valence-electron chi connectivity index (χ1n) is 13.9. The molecule has 3 rings (SSSR count). The van der Waals surface area contributed by atoms with Crippen LogP contribution < -0.4 is 9.62 Å². The van der Waals surface area contributed by atoms with Gasteiger partial charge in [-0.1, -0.05) is 82.3 Å². The topological polar surface area (TPSA) is 86.8 Å². The molecule has 1 N–H and O–H groups in total. The Bertz CT molecular complexity index is 1370. The van der Waals surface area contributed by atoms with E-state index >= 15 is 0 Å². The van der Waals surface area contributed by atoms with Crippen LogP contribution in [-0.2, 0) is 32.6 Å². The molecule has 3 aromatic carbocycles. The average Bonchev–Trinajstić information content (AvgIpc) is 2.96. The molecule has 0 aliphatic rings. The number of nitrogens with one attached hydrogen (secondary N) is 1. The van der Waals surface area contributed by atoms with Crippen molar-refractivity contribution in [3.63, 3.8) is 0 Å². The van der Waals surface area contributed by atoms with Gasteiger partial charge in [-0.15, -0.1) is 0 Å². The van der Waals surface area contributed by atoms with E-state index in [1.54, 1.807) is 30.3 Å². The number of rotatable bonds is 13. The Kier molecular flexibility index (Phi) is 10.9. The van der Waals surface area contributed by atoms with Crippen molar-refractivity contribution >= 4 is 27.5 Å². The second-order valence-corrected chi connectivity index (χ2v) is 12.2. The van der Waals surface area contributed by atoms with Crippen LogP contribution in [0.3, 0.4) is 0 Å². The lowest BCUT2D eigenvalue weighted by Crippen LogP contribution is -2.52. The van der Waals surface area contributed by atoms with Crippen molar-refractivity contribution in [3.8, 4) is 0 Å². The van der Waals surface area contributed by atoms with Crippen LogP contribution in [0.4, 0.5) is 5.69 Å². The number of benzene rings is 3. The van der Waals surface area contributed by atoms with Crippen LogP contribution in [0.15, 0.2) is 83.8 Å². The van der Waals surface area contributed by atoms with Crippen molar-refractivity contribution in [2.24, 2.45) is 5.92 Å². The molecule has 1 atom stereocenters. The van der Waals surface area contributed by atoms with E-state index in [1.165, 1.54) is 17.0 Å². The summed E-state index contributed by atoms with van der Waals surface area (Å²) in [7, 11) is -4.07. The van der Waals surface area contributed by atoms with Crippen LogP contribution in [-0.4, -0.2) is 44.3 Å². The fraction of sp³-hybridized carbons (Fsp3) is 0.375. The number of sulfonamides is 1. The van der Waals surface area contributed by atoms with Crippen molar-refractivity contribution in [3.05, 3.63) is 95.6 Å². The highest BCUT2D eigenvalue weighted by Gasteiger charge is 2.33. The third-order valence-corrected chi connectivity index (χ3v) is 8.70. The van der Waals surface area contributed by atoms with Gasteiger partial charge >= 0.3 is 0 Å². The fourth-order valence-corrected chi connectivity index (χ4v) is 5.89. The van der Waals surface area contributed by atoms with Crippen LogP contribution in [0.1, 0.15) is 50.8 Å². The minimum absolute atomic E-state index is 0.0922. The smallest absolute Gasteiger partial charge is 0.264 e. The number of anilines is 1. The average molecular weight is 564 g/mol. The minimum atomic E-state index is -4.07. The summed E-state index contributed by atoms with van der Waals surface area (Å²) >= 11 is 0. The summed E-state index contributed by atoms with van der Waals surface area (Å²) < 4.78 is 28.9. The van der Waals surface area contributed by atoms with Gasteiger partial charge in [0.15, 0.2) is 0 Å². The zero-order chi connectivity index (χ0) is 29.3. The largest absolute Gasteiger partial charge is 0.354 e. The fourth-order valence-electron chi connectivity index (χ4n) is 4.46. The number of hydrogen-bond donors (Lipinski definition) is 1. The summed E-state index contributed by atoms with van der Waals surface area (Å²) in [6, 6.07) is 22.2. The van der Waals surface area contributed by atoms with Gasteiger partial charge in [0.1, 0.15) is 12.6 Å². The molecule has 0 unspecified atom stereocenters. The van der Waals surface area contributed by atoms with Gasteiger partial charge in [0, 0.05) is 13.1 Å². The molecule has 8 heteroatoms. The zero-order valence-corrected chi connectivity index (χ0v) is 24.9. The Morgan fingerprint density at radius 1 is 0.875 bits per heavy atom. The highest BCUT2D eigenvalue weighted by Crippen LogP contribution is 2.25. The van der Waals surface area contributed by atoms with Crippen LogP contribution >= 0.6 is 0 Å². The standard InChI is InChI=1S/C32H41N3O4S/c1-6-26-17-19-28(20-18-26)35(40(38,39)29-15-9-8-10-16-29)23-31(36)34(22-27-14-12-11-13-25(27)5)30(7-2)32(37)33-21-24(3)4/h8-20,24,30H,6-7,21-23H2,1-5H3,(H,33,37)/t30-/m0/s1. The summed E-state index contributed by atoms with van der Waals surface area (Å²) in [5, 5.41) is 2.96. The normalized spacial score (nSPS) is 12.2. The summed E-state index contributed by atoms with van der Waals surface area (Å²) in [4.78, 5) is 29.0. The van der Waals surface area contributed by atoms with E-state index in [4.69, 9.17) is 0 Å². The van der Waals surface area contributed by atoms with E-state index < -0.39 is 28.5 Å². The van der Waals surface area contributed by atoms with Gasteiger partial charge in [-0.25, -0.2) is 8.42 Å². The number of hydrogen-bond acceptors (Lipinski definition) is 4. The molecule has 0 radical (unpaired) electrons. The SMILES string of the molecule is CCc1ccc(N(CC(=O)N(Cc2ccccc2C)[C@@H](CC)C(=O)NCC(C)C)S(=O)(=O)c2ccccc2)cc1. The molecule has 7 nitrogen and oxygen atoms in total. The molecule has 0 heterocycles. The highest BCUT2D eigenvalue weighted by molar-refractivity contribution is 7.92. The molecule has 0 fully saturated rings. The first kappa shape index (κ1) is 30.9. The minimum Gasteiger partial charge on any atom is -0.354 e. The van der Waals surface area contributed by atoms with E-state index in [0.717, 1.165) is 27.4 Å². The van der Waals surface area contributed by atoms with Gasteiger partial charge in [0.05, 0.1) is 10.6 Å². The molecule has 0 saturated heterocycles. The lowest BCUT2D eigenvalue weighted by molar-refractivity contribution is -0.140. The molecule has 0 bridgehead atoms. The molecule has 0 saturated carbocycles. The quantitative estimate of drug-likeness (QED) is 0.305. The third kappa shape index (κ3) is 7.72. The van der Waals surface area contributed by atoms with Crippen LogP contribution in [0, 0.1) is 12.8 Å². The van der Waals surface area contributed by atoms with Crippen LogP contribution in [0.5, 0.6) is 0 Å². The lowest BCUT2D eigenvalue weighted by Gasteiger charge is -2.33. The predicted molar refractivity (Wildman–Crippen MR) is 160 cm³/mol. The van der Waals surface area contributed by atoms with Crippen molar-refractivity contribution in [2.45, 2.75) is 64.9 Å². The number of amides is 2. The van der Waals surface area contributed by atoms with Crippen LogP contribution in [0.25, 0.3) is 0 Å². The van der Waals surface area contributed by atoms with E-state index in [9.17, 15) is 18.0 Å². The predicted octanol–water partition coefficient (Wildman–Crippen LogP) is 5.33. The third-order valence-electron chi connectivity index (χ3n) is 6.92. The molecule has 2 amide bonds. The summed E-state index contributed by atoms with van der Waals surface area (Å²) in [5.41, 5.74) is 3.33. The second-order valence-electron chi connectivity index (χ2n) is 10.4. The maximum absolute atomic E-state index is 14.1. The van der Waals surface area contributed by atoms with Gasteiger partial charge in [0.2, 0.25) is 11.8 Å². The Morgan fingerprint density at radius 2 is 1.50 bits per heavy atom. The molecule has 0 aliphatic carbocycles. The Balaban J connectivity index is 2.05. The molecule has 0 aliphatic heterocycles. The zero-order valence-electron chi connectivity index (χ0n) is 24.1. The van der Waals surface area contributed by atoms with Gasteiger partial charge < -0.3 is 10.2 Å². The number of carbonyl (C=O) groups excluding carboxylic acids is 2. The molecular formula is C32H41N3O4S. The Morgan fingerprint density at radius 3 is 2.08 bits per heavy atom. The van der Waals surface area contributed by atoms with Crippen molar-refractivity contribution < 1.29 is 18.0 Å². The summed E-state index contributed by atoms with van der Waals surface area (Å²) in [6.07, 6.45) is 1.19. The van der Waals surface area contributed by atoms with Gasteiger partial charge in [-0.05, 0) is 66.6 Å². The van der Waals surface area contributed by atoms with Crippen LogP contribution in [0.2, 0.25) is 0 Å². The maximum atomic E-state index is 14.1. The monoisotopic (exact) mass is 563 g/mol. The molecule has 0 aromatic heterocycles. The number of carbonyl (C=O) groups is 2. The highest BCUT2D eigenvalue weighted by atomic mass is 32.2. The molecular weight excluding hydrogens is 522 g/mol. The molecule has 3 aromatic rings. The maximum Gasteiger partial charge on any atom is 0.264 e. The Labute approximate surface area is 239 Å². The van der Waals surface area contributed by atoms with Crippen molar-refractivity contribution in [2.75, 3.05) is 17.4 Å². The van der Waals surface area contributed by atoms with Crippen molar-refractivity contribution in [1.82, 2.24) is 10.2 Å². The van der Waals surface area contributed by atoms with Gasteiger partial charge in [0.25, 0.3) is 10.0 Å². The first-order chi connectivity index (χ1) is 19.1. The van der Waals surface area contributed by atoms with Gasteiger partial charge in [-0.2, -0.15) is 0 Å². The van der Waals surface area contributed by atoms with E-state index in [0.29, 0.717) is 18.7 Å². The van der Waals surface area contributed by atoms with E-state index in [2.05, 4.69) is 5.32 Å². The first-order valence-corrected chi connectivity index (χ1v) is 15.3. The number of aryl methyl sites for hydroxylation is 2. The van der Waals surface area contributed by atoms with Gasteiger partial charge in [-0.3, -0.25) is 13.9 Å². The second kappa shape index (κ2) is 14.1. The molecule has 40 heavy (non-hydrogen) atoms. The summed E-state index contributed by atoms with van der Waals surface area (Å²) in [5.74, 6) is -0.448. The lowest BCUT2D eigenvalue weighted by atomic mass is 10.1. The molecule has 0 spiro atoms. The van der Waals surface area contributed by atoms with E-state index in [1.807, 2.05) is 71.0 Å².